The first kappa shape index (κ1) is 11.2. The van der Waals surface area contributed by atoms with E-state index in [-0.39, 0.29) is 16.3 Å². The number of amides is 1. The van der Waals surface area contributed by atoms with Crippen LogP contribution >= 0.6 is 11.6 Å². The van der Waals surface area contributed by atoms with E-state index >= 15 is 0 Å². The van der Waals surface area contributed by atoms with Crippen LogP contribution in [0.15, 0.2) is 31.0 Å². The van der Waals surface area contributed by atoms with Crippen LogP contribution in [0.1, 0.15) is 10.4 Å². The lowest BCUT2D eigenvalue weighted by Crippen LogP contribution is -2.16. The molecule has 1 aromatic rings. The smallest absolute Gasteiger partial charge is 0.270 e. The fourth-order valence-corrected chi connectivity index (χ4v) is 1.23. The van der Waals surface area contributed by atoms with Crippen LogP contribution in [0, 0.1) is 10.1 Å². The summed E-state index contributed by atoms with van der Waals surface area (Å²) in [5, 5.41) is 12.7. The second-order valence-corrected chi connectivity index (χ2v) is 3.01. The van der Waals surface area contributed by atoms with Crippen molar-refractivity contribution in [2.75, 3.05) is 0 Å². The van der Waals surface area contributed by atoms with Crippen LogP contribution in [0.3, 0.4) is 0 Å². The third-order valence-corrected chi connectivity index (χ3v) is 1.95. The number of nitrogens with zero attached hydrogens (tertiary/aromatic N) is 1. The maximum Gasteiger partial charge on any atom is 0.270 e. The predicted molar refractivity (Wildman–Crippen MR) is 55.8 cm³/mol. The van der Waals surface area contributed by atoms with Crippen molar-refractivity contribution in [3.8, 4) is 0 Å². The molecule has 0 aliphatic rings. The van der Waals surface area contributed by atoms with Gasteiger partial charge in [0, 0.05) is 12.1 Å². The van der Waals surface area contributed by atoms with Crippen molar-refractivity contribution >= 4 is 23.2 Å². The summed E-state index contributed by atoms with van der Waals surface area (Å²) in [6, 6.07) is 3.63. The number of nitrogens with one attached hydrogen (secondary N) is 1. The molecule has 1 N–H and O–H groups in total. The number of hydrogen-bond donors (Lipinski definition) is 1. The predicted octanol–water partition coefficient (Wildman–Crippen LogP) is 2.12. The van der Waals surface area contributed by atoms with Gasteiger partial charge in [0.1, 0.15) is 0 Å². The fraction of sp³-hybridized carbons (Fsp3) is 0. The molecule has 5 nitrogen and oxygen atoms in total. The Kier molecular flexibility index (Phi) is 3.41. The third-order valence-electron chi connectivity index (χ3n) is 1.64. The molecular formula is C9H7ClN2O3. The molecule has 0 fully saturated rings. The van der Waals surface area contributed by atoms with Gasteiger partial charge in [0.05, 0.1) is 15.5 Å². The number of halogens is 1. The van der Waals surface area contributed by atoms with Crippen LogP contribution in [-0.4, -0.2) is 10.8 Å². The van der Waals surface area contributed by atoms with Gasteiger partial charge in [-0.2, -0.15) is 0 Å². The summed E-state index contributed by atoms with van der Waals surface area (Å²) < 4.78 is 0. The highest BCUT2D eigenvalue weighted by Gasteiger charge is 2.13. The number of carbonyl (C=O) groups excluding carboxylic acids is 1. The van der Waals surface area contributed by atoms with Crippen LogP contribution in [0.2, 0.25) is 5.02 Å². The second-order valence-electron chi connectivity index (χ2n) is 2.60. The molecule has 0 radical (unpaired) electrons. The van der Waals surface area contributed by atoms with E-state index < -0.39 is 10.8 Å². The van der Waals surface area contributed by atoms with E-state index in [1.54, 1.807) is 0 Å². The maximum atomic E-state index is 11.3. The minimum Gasteiger partial charge on any atom is -0.329 e. The Bertz CT molecular complexity index is 431. The molecule has 0 heterocycles. The van der Waals surface area contributed by atoms with E-state index in [1.807, 2.05) is 0 Å². The molecule has 1 rings (SSSR count). The van der Waals surface area contributed by atoms with Crippen molar-refractivity contribution in [3.05, 3.63) is 51.7 Å². The number of nitro benzene ring substituents is 1. The molecular weight excluding hydrogens is 220 g/mol. The summed E-state index contributed by atoms with van der Waals surface area (Å²) in [6.07, 6.45) is 1.21. The molecule has 15 heavy (non-hydrogen) atoms. The van der Waals surface area contributed by atoms with Gasteiger partial charge in [-0.1, -0.05) is 18.2 Å². The summed E-state index contributed by atoms with van der Waals surface area (Å²) in [5.74, 6) is -0.454. The minimum atomic E-state index is -0.582. The van der Waals surface area contributed by atoms with Crippen LogP contribution in [-0.2, 0) is 0 Å². The molecule has 1 aromatic carbocycles. The summed E-state index contributed by atoms with van der Waals surface area (Å²) in [7, 11) is 0. The van der Waals surface area contributed by atoms with Gasteiger partial charge in [0.2, 0.25) is 0 Å². The average Bonchev–Trinajstić information content (AvgIpc) is 2.17. The summed E-state index contributed by atoms with van der Waals surface area (Å²) in [6.45, 7) is 3.32. The molecule has 0 unspecified atom stereocenters. The highest BCUT2D eigenvalue weighted by Crippen LogP contribution is 2.22. The van der Waals surface area contributed by atoms with Crippen LogP contribution in [0.4, 0.5) is 5.69 Å². The summed E-state index contributed by atoms with van der Waals surface area (Å²) in [5.41, 5.74) is 0.0114. The maximum absolute atomic E-state index is 11.3. The number of benzene rings is 1. The van der Waals surface area contributed by atoms with E-state index in [2.05, 4.69) is 11.9 Å². The fourth-order valence-electron chi connectivity index (χ4n) is 0.972. The number of non-ortho nitro benzene ring substituents is 1. The molecule has 0 aromatic heterocycles. The minimum absolute atomic E-state index is 0.0311. The van der Waals surface area contributed by atoms with Gasteiger partial charge in [-0.05, 0) is 12.3 Å². The Morgan fingerprint density at radius 2 is 2.27 bits per heavy atom. The zero-order valence-electron chi connectivity index (χ0n) is 7.57. The Morgan fingerprint density at radius 1 is 1.60 bits per heavy atom. The van der Waals surface area contributed by atoms with Crippen molar-refractivity contribution in [1.29, 1.82) is 0 Å². The normalized spacial score (nSPS) is 9.40. The van der Waals surface area contributed by atoms with Crippen molar-refractivity contribution in [2.24, 2.45) is 0 Å². The molecule has 0 bridgehead atoms. The Labute approximate surface area is 90.5 Å². The first-order valence-corrected chi connectivity index (χ1v) is 4.29. The van der Waals surface area contributed by atoms with Gasteiger partial charge < -0.3 is 5.32 Å². The Morgan fingerprint density at radius 3 is 2.73 bits per heavy atom. The second kappa shape index (κ2) is 4.56. The largest absolute Gasteiger partial charge is 0.329 e. The molecule has 1 amide bonds. The van der Waals surface area contributed by atoms with Crippen LogP contribution in [0.5, 0.6) is 0 Å². The van der Waals surface area contributed by atoms with Crippen molar-refractivity contribution < 1.29 is 9.72 Å². The molecule has 0 saturated carbocycles. The molecule has 78 valence electrons. The van der Waals surface area contributed by atoms with E-state index in [9.17, 15) is 14.9 Å². The highest BCUT2D eigenvalue weighted by atomic mass is 35.5. The molecule has 0 aliphatic heterocycles. The van der Waals surface area contributed by atoms with Gasteiger partial charge in [0.15, 0.2) is 0 Å². The van der Waals surface area contributed by atoms with Crippen LogP contribution < -0.4 is 5.32 Å². The molecule has 0 saturated heterocycles. The number of nitro groups is 1. The zero-order chi connectivity index (χ0) is 11.4. The Balaban J connectivity index is 3.08. The summed E-state index contributed by atoms with van der Waals surface area (Å²) >= 11 is 5.70. The lowest BCUT2D eigenvalue weighted by Gasteiger charge is -2.01. The van der Waals surface area contributed by atoms with Gasteiger partial charge in [-0.15, -0.1) is 0 Å². The first-order valence-electron chi connectivity index (χ1n) is 3.92. The van der Waals surface area contributed by atoms with Gasteiger partial charge >= 0.3 is 0 Å². The number of rotatable bonds is 3. The molecule has 0 spiro atoms. The van der Waals surface area contributed by atoms with Crippen molar-refractivity contribution in [3.63, 3.8) is 0 Å². The molecule has 0 aliphatic carbocycles. The quantitative estimate of drug-likeness (QED) is 0.634. The third kappa shape index (κ3) is 2.54. The number of hydrogen-bond acceptors (Lipinski definition) is 3. The van der Waals surface area contributed by atoms with E-state index in [4.69, 9.17) is 11.6 Å². The lowest BCUT2D eigenvalue weighted by atomic mass is 10.2. The van der Waals surface area contributed by atoms with E-state index in [0.29, 0.717) is 0 Å². The van der Waals surface area contributed by atoms with Crippen molar-refractivity contribution in [1.82, 2.24) is 5.32 Å². The van der Waals surface area contributed by atoms with E-state index in [1.165, 1.54) is 18.3 Å². The lowest BCUT2D eigenvalue weighted by molar-refractivity contribution is -0.384. The summed E-state index contributed by atoms with van der Waals surface area (Å²) in [4.78, 5) is 21.1. The first-order chi connectivity index (χ1) is 7.06. The van der Waals surface area contributed by atoms with Gasteiger partial charge in [-0.25, -0.2) is 0 Å². The molecule has 0 atom stereocenters. The van der Waals surface area contributed by atoms with Crippen LogP contribution in [0.25, 0.3) is 0 Å². The highest BCUT2D eigenvalue weighted by molar-refractivity contribution is 6.34. The molecule has 6 heteroatoms. The topological polar surface area (TPSA) is 72.2 Å². The van der Waals surface area contributed by atoms with Gasteiger partial charge in [0.25, 0.3) is 11.6 Å². The van der Waals surface area contributed by atoms with E-state index in [0.717, 1.165) is 6.07 Å². The zero-order valence-corrected chi connectivity index (χ0v) is 8.32. The Hall–Kier alpha value is -1.88. The monoisotopic (exact) mass is 226 g/mol. The average molecular weight is 227 g/mol. The van der Waals surface area contributed by atoms with Crippen molar-refractivity contribution in [2.45, 2.75) is 0 Å². The number of carbonyl (C=O) groups is 1. The van der Waals surface area contributed by atoms with Gasteiger partial charge in [-0.3, -0.25) is 14.9 Å². The SMILES string of the molecule is C=CNC(=O)c1ccc([N+](=O)[O-])cc1Cl. The standard InChI is InChI=1S/C9H7ClN2O3/c1-2-11-9(13)7-4-3-6(12(14)15)5-8(7)10/h2-5H,1H2,(H,11,13).